The maximum atomic E-state index is 13.2. The van der Waals surface area contributed by atoms with Gasteiger partial charge in [-0.1, -0.05) is 17.8 Å². The third kappa shape index (κ3) is 4.27. The molecule has 0 aliphatic heterocycles. The van der Waals surface area contributed by atoms with Crippen LogP contribution in [0.2, 0.25) is 0 Å². The molecule has 0 unspecified atom stereocenters. The molecular weight excluding hydrogens is 389 g/mol. The van der Waals surface area contributed by atoms with E-state index in [0.717, 1.165) is 11.3 Å². The van der Waals surface area contributed by atoms with Crippen LogP contribution >= 0.6 is 11.8 Å². The fourth-order valence-corrected chi connectivity index (χ4v) is 3.44. The van der Waals surface area contributed by atoms with Crippen LogP contribution in [-0.4, -0.2) is 31.5 Å². The number of carbonyl (C=O) groups excluding carboxylic acids is 1. The lowest BCUT2D eigenvalue weighted by atomic mass is 10.1. The minimum atomic E-state index is -0.318. The first kappa shape index (κ1) is 19.1. The van der Waals surface area contributed by atoms with Crippen LogP contribution in [0.4, 0.5) is 10.1 Å². The molecule has 2 aromatic carbocycles. The zero-order valence-corrected chi connectivity index (χ0v) is 16.7. The largest absolute Gasteiger partial charge is 0.325 e. The number of thioether (sulfide) groups is 1. The summed E-state index contributed by atoms with van der Waals surface area (Å²) >= 11 is 1.32. The zero-order chi connectivity index (χ0) is 20.4. The first-order chi connectivity index (χ1) is 14.0. The number of fused-ring (bicyclic) bond motifs is 1. The fraction of sp³-hybridized carbons (Fsp3) is 0.143. The second kappa shape index (κ2) is 8.00. The van der Waals surface area contributed by atoms with Gasteiger partial charge in [0, 0.05) is 11.3 Å². The number of benzene rings is 2. The monoisotopic (exact) mass is 407 g/mol. The van der Waals surface area contributed by atoms with Gasteiger partial charge in [-0.3, -0.25) is 4.79 Å². The zero-order valence-electron chi connectivity index (χ0n) is 15.9. The maximum Gasteiger partial charge on any atom is 0.234 e. The van der Waals surface area contributed by atoms with Gasteiger partial charge in [0.1, 0.15) is 10.8 Å². The van der Waals surface area contributed by atoms with Gasteiger partial charge in [0.25, 0.3) is 0 Å². The summed E-state index contributed by atoms with van der Waals surface area (Å²) in [6, 6.07) is 15.4. The van der Waals surface area contributed by atoms with Crippen molar-refractivity contribution < 1.29 is 9.18 Å². The summed E-state index contributed by atoms with van der Waals surface area (Å²) in [6.45, 7) is 4.04. The van der Waals surface area contributed by atoms with Crippen molar-refractivity contribution in [3.63, 3.8) is 0 Å². The van der Waals surface area contributed by atoms with E-state index in [1.807, 2.05) is 32.0 Å². The molecule has 29 heavy (non-hydrogen) atoms. The number of halogens is 1. The minimum Gasteiger partial charge on any atom is -0.325 e. The third-order valence-corrected chi connectivity index (χ3v) is 5.40. The SMILES string of the molecule is Cc1ccc(NC(=O)CSc2ccc3nnc(-c4ccc(F)cc4)n3n2)cc1C. The van der Waals surface area contributed by atoms with Crippen molar-refractivity contribution in [3.8, 4) is 11.4 Å². The standard InChI is InChI=1S/C21H18FN5OS/c1-13-3-8-17(11-14(13)2)23-19(28)12-29-20-10-9-18-24-25-21(27(18)26-20)15-4-6-16(22)7-5-15/h3-11H,12H2,1-2H3,(H,23,28). The molecule has 4 rings (SSSR count). The second-order valence-electron chi connectivity index (χ2n) is 6.61. The molecule has 2 aromatic heterocycles. The molecule has 0 saturated carbocycles. The fourth-order valence-electron chi connectivity index (χ4n) is 2.78. The Labute approximate surface area is 171 Å². The van der Waals surface area contributed by atoms with Gasteiger partial charge in [-0.25, -0.2) is 4.39 Å². The highest BCUT2D eigenvalue weighted by molar-refractivity contribution is 7.99. The molecule has 0 aliphatic carbocycles. The number of hydrogen-bond acceptors (Lipinski definition) is 5. The summed E-state index contributed by atoms with van der Waals surface area (Å²) in [5.74, 6) is 0.311. The van der Waals surface area contributed by atoms with E-state index in [9.17, 15) is 9.18 Å². The highest BCUT2D eigenvalue weighted by Gasteiger charge is 2.11. The number of hydrogen-bond donors (Lipinski definition) is 1. The summed E-state index contributed by atoms with van der Waals surface area (Å²) in [4.78, 5) is 12.3. The number of anilines is 1. The Kier molecular flexibility index (Phi) is 5.26. The molecule has 146 valence electrons. The molecule has 0 fully saturated rings. The van der Waals surface area contributed by atoms with Crippen molar-refractivity contribution in [2.75, 3.05) is 11.1 Å². The summed E-state index contributed by atoms with van der Waals surface area (Å²) in [7, 11) is 0. The number of nitrogens with one attached hydrogen (secondary N) is 1. The summed E-state index contributed by atoms with van der Waals surface area (Å²) in [5.41, 5.74) is 4.37. The second-order valence-corrected chi connectivity index (χ2v) is 7.60. The van der Waals surface area contributed by atoms with Gasteiger partial charge in [-0.15, -0.1) is 10.2 Å². The van der Waals surface area contributed by atoms with E-state index in [1.54, 1.807) is 28.8 Å². The van der Waals surface area contributed by atoms with Crippen LogP contribution in [0.5, 0.6) is 0 Å². The van der Waals surface area contributed by atoms with Crippen molar-refractivity contribution >= 4 is 29.0 Å². The van der Waals surface area contributed by atoms with Gasteiger partial charge >= 0.3 is 0 Å². The van der Waals surface area contributed by atoms with Gasteiger partial charge in [0.2, 0.25) is 5.91 Å². The van der Waals surface area contributed by atoms with Gasteiger partial charge < -0.3 is 5.32 Å². The first-order valence-corrected chi connectivity index (χ1v) is 9.96. The Bertz CT molecular complexity index is 1190. The van der Waals surface area contributed by atoms with Crippen molar-refractivity contribution in [2.24, 2.45) is 0 Å². The molecule has 0 spiro atoms. The van der Waals surface area contributed by atoms with Gasteiger partial charge in [-0.2, -0.15) is 9.61 Å². The van der Waals surface area contributed by atoms with Gasteiger partial charge in [0.15, 0.2) is 11.5 Å². The predicted molar refractivity (Wildman–Crippen MR) is 111 cm³/mol. The van der Waals surface area contributed by atoms with Crippen LogP contribution < -0.4 is 5.32 Å². The van der Waals surface area contributed by atoms with Crippen molar-refractivity contribution in [2.45, 2.75) is 18.9 Å². The summed E-state index contributed by atoms with van der Waals surface area (Å²) in [6.07, 6.45) is 0. The number of rotatable bonds is 5. The molecular formula is C21H18FN5OS. The Hall–Kier alpha value is -3.26. The van der Waals surface area contributed by atoms with Crippen LogP contribution in [0.3, 0.4) is 0 Å². The molecule has 1 N–H and O–H groups in total. The van der Waals surface area contributed by atoms with Gasteiger partial charge in [0.05, 0.1) is 5.75 Å². The van der Waals surface area contributed by atoms with Crippen LogP contribution in [0.25, 0.3) is 17.0 Å². The van der Waals surface area contributed by atoms with E-state index in [4.69, 9.17) is 0 Å². The molecule has 1 amide bonds. The van der Waals surface area contributed by atoms with E-state index in [0.29, 0.717) is 22.1 Å². The normalized spacial score (nSPS) is 11.0. The Balaban J connectivity index is 1.48. The van der Waals surface area contributed by atoms with E-state index >= 15 is 0 Å². The molecule has 0 bridgehead atoms. The Morgan fingerprint density at radius 1 is 1.03 bits per heavy atom. The number of aryl methyl sites for hydroxylation is 2. The smallest absolute Gasteiger partial charge is 0.234 e. The Morgan fingerprint density at radius 2 is 1.83 bits per heavy atom. The Morgan fingerprint density at radius 3 is 2.59 bits per heavy atom. The van der Waals surface area contributed by atoms with Crippen molar-refractivity contribution in [1.29, 1.82) is 0 Å². The highest BCUT2D eigenvalue weighted by atomic mass is 32.2. The highest BCUT2D eigenvalue weighted by Crippen LogP contribution is 2.21. The average molecular weight is 407 g/mol. The van der Waals surface area contributed by atoms with E-state index in [1.165, 1.54) is 29.5 Å². The lowest BCUT2D eigenvalue weighted by molar-refractivity contribution is -0.113. The topological polar surface area (TPSA) is 72.2 Å². The molecule has 0 atom stereocenters. The van der Waals surface area contributed by atoms with E-state index in [2.05, 4.69) is 20.6 Å². The van der Waals surface area contributed by atoms with Crippen LogP contribution in [0, 0.1) is 19.7 Å². The molecule has 8 heteroatoms. The van der Waals surface area contributed by atoms with E-state index in [-0.39, 0.29) is 17.5 Å². The number of aromatic nitrogens is 4. The maximum absolute atomic E-state index is 13.2. The molecule has 4 aromatic rings. The van der Waals surface area contributed by atoms with Crippen LogP contribution in [0.15, 0.2) is 59.6 Å². The molecule has 2 heterocycles. The van der Waals surface area contributed by atoms with Crippen molar-refractivity contribution in [1.82, 2.24) is 19.8 Å². The molecule has 0 aliphatic rings. The third-order valence-electron chi connectivity index (χ3n) is 4.48. The molecule has 0 saturated heterocycles. The number of amides is 1. The minimum absolute atomic E-state index is 0.109. The number of nitrogens with zero attached hydrogens (tertiary/aromatic N) is 4. The van der Waals surface area contributed by atoms with Crippen LogP contribution in [-0.2, 0) is 4.79 Å². The lowest BCUT2D eigenvalue weighted by Crippen LogP contribution is -2.14. The number of carbonyl (C=O) groups is 1. The summed E-state index contributed by atoms with van der Waals surface area (Å²) < 4.78 is 14.8. The quantitative estimate of drug-likeness (QED) is 0.500. The predicted octanol–water partition coefficient (Wildman–Crippen LogP) is 4.28. The first-order valence-electron chi connectivity index (χ1n) is 8.98. The average Bonchev–Trinajstić information content (AvgIpc) is 3.13. The van der Waals surface area contributed by atoms with Crippen LogP contribution in [0.1, 0.15) is 11.1 Å². The lowest BCUT2D eigenvalue weighted by Gasteiger charge is -2.07. The van der Waals surface area contributed by atoms with Crippen molar-refractivity contribution in [3.05, 3.63) is 71.5 Å². The van der Waals surface area contributed by atoms with Gasteiger partial charge in [-0.05, 0) is 73.5 Å². The summed E-state index contributed by atoms with van der Waals surface area (Å²) in [5, 5.41) is 16.3. The van der Waals surface area contributed by atoms with E-state index < -0.39 is 0 Å². The molecule has 0 radical (unpaired) electrons. The molecule has 6 nitrogen and oxygen atoms in total.